The predicted octanol–water partition coefficient (Wildman–Crippen LogP) is 4.15. The van der Waals surface area contributed by atoms with Gasteiger partial charge in [-0.05, 0) is 48.6 Å². The topological polar surface area (TPSA) is 46.5 Å². The van der Waals surface area contributed by atoms with Gasteiger partial charge >= 0.3 is 0 Å². The van der Waals surface area contributed by atoms with Gasteiger partial charge in [0.15, 0.2) is 0 Å². The minimum absolute atomic E-state index is 0.262. The second-order valence-electron chi connectivity index (χ2n) is 6.37. The lowest BCUT2D eigenvalue weighted by Gasteiger charge is -2.38. The molecule has 0 radical (unpaired) electrons. The van der Waals surface area contributed by atoms with Crippen molar-refractivity contribution in [2.45, 2.75) is 37.7 Å². The number of halogens is 1. The fraction of sp³-hybridized carbons (Fsp3) is 0.350. The first-order chi connectivity index (χ1) is 12.7. The summed E-state index contributed by atoms with van der Waals surface area (Å²) in [4.78, 5) is 10.6. The lowest BCUT2D eigenvalue weighted by Crippen LogP contribution is -2.50. The number of hydrogen-bond donors (Lipinski definition) is 1. The summed E-state index contributed by atoms with van der Waals surface area (Å²) in [5, 5.41) is 7.61. The van der Waals surface area contributed by atoms with Gasteiger partial charge < -0.3 is 10.2 Å². The summed E-state index contributed by atoms with van der Waals surface area (Å²) >= 11 is 5.69. The summed E-state index contributed by atoms with van der Waals surface area (Å²) in [6, 6.07) is 10.2. The highest BCUT2D eigenvalue weighted by molar-refractivity contribution is 7.80. The van der Waals surface area contributed by atoms with E-state index in [1.807, 2.05) is 25.4 Å². The molecule has 0 aliphatic heterocycles. The molecule has 1 aliphatic carbocycles. The second kappa shape index (κ2) is 8.36. The number of aromatic nitrogens is 1. The van der Waals surface area contributed by atoms with Crippen LogP contribution in [0.15, 0.2) is 53.9 Å². The zero-order chi connectivity index (χ0) is 18.4. The highest BCUT2D eigenvalue weighted by Crippen LogP contribution is 2.38. The minimum Gasteiger partial charge on any atom is -0.391 e. The zero-order valence-corrected chi connectivity index (χ0v) is 15.6. The maximum absolute atomic E-state index is 13.0. The smallest absolute Gasteiger partial charge is 0.142 e. The first-order valence-electron chi connectivity index (χ1n) is 8.73. The quantitative estimate of drug-likeness (QED) is 0.633. The van der Waals surface area contributed by atoms with Crippen LogP contribution in [0.1, 0.15) is 36.8 Å². The molecule has 1 heterocycles. The Bertz CT molecular complexity index is 779. The molecule has 1 saturated carbocycles. The highest BCUT2D eigenvalue weighted by Gasteiger charge is 2.44. The van der Waals surface area contributed by atoms with E-state index < -0.39 is 5.41 Å². The van der Waals surface area contributed by atoms with Crippen LogP contribution in [0.3, 0.4) is 0 Å². The van der Waals surface area contributed by atoms with E-state index in [1.54, 1.807) is 18.3 Å². The Labute approximate surface area is 158 Å². The van der Waals surface area contributed by atoms with Crippen LogP contribution in [0.2, 0.25) is 0 Å². The maximum atomic E-state index is 13.0. The first-order valence-corrected chi connectivity index (χ1v) is 9.14. The third-order valence-electron chi connectivity index (χ3n) is 4.80. The van der Waals surface area contributed by atoms with Gasteiger partial charge in [-0.1, -0.05) is 42.0 Å². The monoisotopic (exact) mass is 371 g/mol. The van der Waals surface area contributed by atoms with Gasteiger partial charge in [0, 0.05) is 19.4 Å². The molecule has 2 aromatic rings. The van der Waals surface area contributed by atoms with E-state index in [2.05, 4.69) is 15.5 Å². The molecule has 0 saturated heterocycles. The highest BCUT2D eigenvalue weighted by atomic mass is 32.1. The fourth-order valence-electron chi connectivity index (χ4n) is 3.44. The number of benzene rings is 1. The van der Waals surface area contributed by atoms with Crippen molar-refractivity contribution in [3.8, 4) is 0 Å². The van der Waals surface area contributed by atoms with Crippen molar-refractivity contribution in [2.75, 3.05) is 7.05 Å². The van der Waals surface area contributed by atoms with Crippen molar-refractivity contribution in [1.82, 2.24) is 10.3 Å². The summed E-state index contributed by atoms with van der Waals surface area (Å²) in [6.07, 6.45) is 7.41. The number of oxime groups is 1. The van der Waals surface area contributed by atoms with Gasteiger partial charge in [-0.25, -0.2) is 4.39 Å². The SMILES string of the molecule is CNC(=S)C1(c2cccnc2)CCCC/C1=N/OCc1ccc(F)cc1. The van der Waals surface area contributed by atoms with Gasteiger partial charge in [0.2, 0.25) is 0 Å². The third kappa shape index (κ3) is 3.75. The molecule has 136 valence electrons. The average Bonchev–Trinajstić information content (AvgIpc) is 2.70. The van der Waals surface area contributed by atoms with Crippen LogP contribution in [0, 0.1) is 5.82 Å². The van der Waals surface area contributed by atoms with Crippen LogP contribution in [-0.4, -0.2) is 22.7 Å². The van der Waals surface area contributed by atoms with Gasteiger partial charge in [-0.3, -0.25) is 4.98 Å². The number of hydrogen-bond acceptors (Lipinski definition) is 4. The van der Waals surface area contributed by atoms with Crippen molar-refractivity contribution >= 4 is 22.9 Å². The van der Waals surface area contributed by atoms with Gasteiger partial charge in [-0.15, -0.1) is 0 Å². The Kier molecular flexibility index (Phi) is 5.93. The van der Waals surface area contributed by atoms with E-state index in [-0.39, 0.29) is 5.82 Å². The van der Waals surface area contributed by atoms with Crippen molar-refractivity contribution in [1.29, 1.82) is 0 Å². The number of thiocarbonyl (C=S) groups is 1. The Morgan fingerprint density at radius 3 is 2.81 bits per heavy atom. The molecule has 0 bridgehead atoms. The van der Waals surface area contributed by atoms with Crippen molar-refractivity contribution in [3.63, 3.8) is 0 Å². The predicted molar refractivity (Wildman–Crippen MR) is 105 cm³/mol. The first kappa shape index (κ1) is 18.5. The van der Waals surface area contributed by atoms with Crippen LogP contribution in [0.5, 0.6) is 0 Å². The average molecular weight is 371 g/mol. The van der Waals surface area contributed by atoms with Crippen LogP contribution in [-0.2, 0) is 16.9 Å². The van der Waals surface area contributed by atoms with E-state index >= 15 is 0 Å². The van der Waals surface area contributed by atoms with Crippen molar-refractivity contribution in [2.24, 2.45) is 5.16 Å². The van der Waals surface area contributed by atoms with Crippen molar-refractivity contribution < 1.29 is 9.23 Å². The van der Waals surface area contributed by atoms with E-state index in [4.69, 9.17) is 17.1 Å². The summed E-state index contributed by atoms with van der Waals surface area (Å²) in [7, 11) is 1.84. The molecule has 26 heavy (non-hydrogen) atoms. The molecule has 1 fully saturated rings. The number of pyridine rings is 1. The van der Waals surface area contributed by atoms with Crippen LogP contribution in [0.4, 0.5) is 4.39 Å². The lowest BCUT2D eigenvalue weighted by molar-refractivity contribution is 0.127. The van der Waals surface area contributed by atoms with Gasteiger partial charge in [-0.2, -0.15) is 0 Å². The molecule has 0 amide bonds. The molecule has 1 aromatic heterocycles. The van der Waals surface area contributed by atoms with E-state index in [9.17, 15) is 4.39 Å². The van der Waals surface area contributed by atoms with Gasteiger partial charge in [0.25, 0.3) is 0 Å². The normalized spacial score (nSPS) is 21.4. The molecule has 1 unspecified atom stereocenters. The maximum Gasteiger partial charge on any atom is 0.142 e. The largest absolute Gasteiger partial charge is 0.391 e. The van der Waals surface area contributed by atoms with E-state index in [0.717, 1.165) is 47.5 Å². The minimum atomic E-state index is -0.487. The van der Waals surface area contributed by atoms with Gasteiger partial charge in [0.05, 0.1) is 16.1 Å². The van der Waals surface area contributed by atoms with Crippen molar-refractivity contribution in [3.05, 3.63) is 65.7 Å². The number of nitrogens with one attached hydrogen (secondary N) is 1. The third-order valence-corrected chi connectivity index (χ3v) is 5.35. The lowest BCUT2D eigenvalue weighted by atomic mass is 9.68. The Balaban J connectivity index is 1.88. The molecule has 4 nitrogen and oxygen atoms in total. The van der Waals surface area contributed by atoms with Crippen LogP contribution in [0.25, 0.3) is 0 Å². The molecule has 0 spiro atoms. The van der Waals surface area contributed by atoms with E-state index in [1.165, 1.54) is 12.1 Å². The summed E-state index contributed by atoms with van der Waals surface area (Å²) in [5.41, 5.74) is 2.33. The number of rotatable bonds is 5. The molecule has 1 atom stereocenters. The molecule has 1 aliphatic rings. The summed E-state index contributed by atoms with van der Waals surface area (Å²) in [6.45, 7) is 0.291. The number of nitrogens with zero attached hydrogens (tertiary/aromatic N) is 2. The van der Waals surface area contributed by atoms with E-state index in [0.29, 0.717) is 6.61 Å². The summed E-state index contributed by atoms with van der Waals surface area (Å²) < 4.78 is 13.0. The molecular formula is C20H22FN3OS. The number of likely N-dealkylation sites (N-methyl/N-ethyl adjacent to an activating group) is 1. The second-order valence-corrected chi connectivity index (χ2v) is 6.78. The molecule has 1 aromatic carbocycles. The Morgan fingerprint density at radius 2 is 2.12 bits per heavy atom. The fourth-order valence-corrected chi connectivity index (χ4v) is 3.78. The van der Waals surface area contributed by atoms with Crippen LogP contribution < -0.4 is 5.32 Å². The molecule has 6 heteroatoms. The Morgan fingerprint density at radius 1 is 1.31 bits per heavy atom. The van der Waals surface area contributed by atoms with Gasteiger partial charge in [0.1, 0.15) is 12.4 Å². The Hall–Kier alpha value is -2.34. The summed E-state index contributed by atoms with van der Waals surface area (Å²) in [5.74, 6) is -0.262. The molecule has 3 rings (SSSR count). The van der Waals surface area contributed by atoms with Crippen LogP contribution >= 0.6 is 12.2 Å². The standard InChI is InChI=1S/C20H22FN3OS/c1-22-19(26)20(16-5-4-12-23-13-16)11-3-2-6-18(20)24-25-14-15-7-9-17(21)10-8-15/h4-5,7-10,12-13H,2-3,6,11,14H2,1H3,(H,22,26)/b24-18-. The molecular weight excluding hydrogens is 349 g/mol. The zero-order valence-electron chi connectivity index (χ0n) is 14.7. The molecule has 1 N–H and O–H groups in total.